The van der Waals surface area contributed by atoms with E-state index in [1.165, 1.54) is 7.11 Å². The van der Waals surface area contributed by atoms with Gasteiger partial charge in [-0.3, -0.25) is 19.2 Å². The van der Waals surface area contributed by atoms with E-state index in [0.29, 0.717) is 6.42 Å². The maximum Gasteiger partial charge on any atom is 0.305 e. The summed E-state index contributed by atoms with van der Waals surface area (Å²) in [5.74, 6) is -0.581. The van der Waals surface area contributed by atoms with Gasteiger partial charge < -0.3 is 4.74 Å². The van der Waals surface area contributed by atoms with E-state index >= 15 is 0 Å². The Bertz CT molecular complexity index is 287. The van der Waals surface area contributed by atoms with Gasteiger partial charge in [-0.2, -0.15) is 0 Å². The number of hydrogen-bond acceptors (Lipinski definition) is 5. The molecule has 0 aromatic heterocycles. The highest BCUT2D eigenvalue weighted by molar-refractivity contribution is 5.89. The lowest BCUT2D eigenvalue weighted by molar-refractivity contribution is -0.142. The van der Waals surface area contributed by atoms with Gasteiger partial charge in [-0.1, -0.05) is 6.92 Å². The van der Waals surface area contributed by atoms with E-state index in [1.54, 1.807) is 6.92 Å². The number of ether oxygens (including phenoxy) is 1. The van der Waals surface area contributed by atoms with Crippen molar-refractivity contribution in [1.29, 1.82) is 0 Å². The van der Waals surface area contributed by atoms with Crippen molar-refractivity contribution in [3.05, 3.63) is 0 Å². The maximum absolute atomic E-state index is 11.4. The number of hydrogen-bond donors (Lipinski definition) is 0. The molecule has 5 nitrogen and oxygen atoms in total. The minimum atomic E-state index is -0.428. The van der Waals surface area contributed by atoms with E-state index in [0.717, 1.165) is 0 Å². The molecule has 0 aromatic rings. The van der Waals surface area contributed by atoms with Gasteiger partial charge in [-0.25, -0.2) is 0 Å². The number of Topliss-reactive ketones (excluding diaryl/α,β-unsaturated/α-hetero) is 3. The van der Waals surface area contributed by atoms with E-state index in [-0.39, 0.29) is 55.9 Å². The summed E-state index contributed by atoms with van der Waals surface area (Å²) < 4.78 is 4.41. The second kappa shape index (κ2) is 9.50. The Labute approximate surface area is 107 Å². The number of esters is 1. The lowest BCUT2D eigenvalue weighted by Crippen LogP contribution is -2.09. The van der Waals surface area contributed by atoms with Crippen LogP contribution >= 0.6 is 0 Å². The van der Waals surface area contributed by atoms with Crippen molar-refractivity contribution in [3.63, 3.8) is 0 Å². The van der Waals surface area contributed by atoms with Crippen LogP contribution in [0.3, 0.4) is 0 Å². The molecule has 0 aromatic carbocycles. The van der Waals surface area contributed by atoms with Crippen molar-refractivity contribution < 1.29 is 23.9 Å². The molecule has 0 rings (SSSR count). The molecule has 0 spiro atoms. The van der Waals surface area contributed by atoms with Gasteiger partial charge in [0.15, 0.2) is 0 Å². The van der Waals surface area contributed by atoms with Gasteiger partial charge in [0, 0.05) is 38.5 Å². The van der Waals surface area contributed by atoms with Crippen molar-refractivity contribution in [3.8, 4) is 0 Å². The Hall–Kier alpha value is -1.52. The van der Waals surface area contributed by atoms with E-state index in [4.69, 9.17) is 0 Å². The van der Waals surface area contributed by atoms with Gasteiger partial charge in [0.05, 0.1) is 13.5 Å². The monoisotopic (exact) mass is 256 g/mol. The van der Waals surface area contributed by atoms with Crippen LogP contribution in [-0.2, 0) is 23.9 Å². The van der Waals surface area contributed by atoms with Crippen LogP contribution in [0.1, 0.15) is 51.9 Å². The molecule has 0 fully saturated rings. The van der Waals surface area contributed by atoms with Crippen LogP contribution in [0.15, 0.2) is 0 Å². The van der Waals surface area contributed by atoms with Gasteiger partial charge in [0.1, 0.15) is 17.3 Å². The quantitative estimate of drug-likeness (QED) is 0.555. The predicted molar refractivity (Wildman–Crippen MR) is 65.0 cm³/mol. The molecule has 18 heavy (non-hydrogen) atoms. The van der Waals surface area contributed by atoms with Gasteiger partial charge in [0.25, 0.3) is 0 Å². The standard InChI is InChI=1S/C13H20O5/c1-3-10(14)4-5-11(15)6-7-12(16)8-9-13(17)18-2/h3-9H2,1-2H3. The highest BCUT2D eigenvalue weighted by atomic mass is 16.5. The normalized spacial score (nSPS) is 9.89. The molecule has 0 N–H and O–H groups in total. The molecule has 0 bridgehead atoms. The van der Waals surface area contributed by atoms with Crippen molar-refractivity contribution in [2.24, 2.45) is 0 Å². The van der Waals surface area contributed by atoms with Crippen LogP contribution in [0.25, 0.3) is 0 Å². The van der Waals surface area contributed by atoms with Crippen LogP contribution in [0.2, 0.25) is 0 Å². The largest absolute Gasteiger partial charge is 0.469 e. The Morgan fingerprint density at radius 1 is 0.722 bits per heavy atom. The first-order valence-electron chi connectivity index (χ1n) is 6.11. The van der Waals surface area contributed by atoms with Gasteiger partial charge in [0.2, 0.25) is 0 Å². The number of ketones is 3. The van der Waals surface area contributed by atoms with Gasteiger partial charge in [-0.05, 0) is 0 Å². The summed E-state index contributed by atoms with van der Waals surface area (Å²) in [7, 11) is 1.26. The minimum Gasteiger partial charge on any atom is -0.469 e. The predicted octanol–water partition coefficient (Wildman–Crippen LogP) is 1.62. The molecule has 0 unspecified atom stereocenters. The van der Waals surface area contributed by atoms with Crippen LogP contribution in [0.5, 0.6) is 0 Å². The molecule has 0 radical (unpaired) electrons. The molecule has 0 saturated heterocycles. The zero-order valence-electron chi connectivity index (χ0n) is 11.0. The zero-order valence-corrected chi connectivity index (χ0v) is 11.0. The molecule has 102 valence electrons. The van der Waals surface area contributed by atoms with Crippen LogP contribution in [0, 0.1) is 0 Å². The van der Waals surface area contributed by atoms with Gasteiger partial charge in [-0.15, -0.1) is 0 Å². The second-order valence-corrected chi connectivity index (χ2v) is 4.05. The number of carbonyl (C=O) groups excluding carboxylic acids is 4. The highest BCUT2D eigenvalue weighted by Gasteiger charge is 2.10. The fourth-order valence-electron chi connectivity index (χ4n) is 1.33. The van der Waals surface area contributed by atoms with Crippen LogP contribution in [0.4, 0.5) is 0 Å². The van der Waals surface area contributed by atoms with Crippen molar-refractivity contribution in [1.82, 2.24) is 0 Å². The molecular weight excluding hydrogens is 236 g/mol. The van der Waals surface area contributed by atoms with Crippen molar-refractivity contribution in [2.45, 2.75) is 51.9 Å². The van der Waals surface area contributed by atoms with Crippen LogP contribution < -0.4 is 0 Å². The number of rotatable bonds is 10. The molecule has 0 aliphatic heterocycles. The second-order valence-electron chi connectivity index (χ2n) is 4.05. The Balaban J connectivity index is 3.68. The third-order valence-electron chi connectivity index (χ3n) is 2.60. The van der Waals surface area contributed by atoms with E-state index in [9.17, 15) is 19.2 Å². The van der Waals surface area contributed by atoms with Crippen molar-refractivity contribution in [2.75, 3.05) is 7.11 Å². The zero-order chi connectivity index (χ0) is 14.0. The third-order valence-corrected chi connectivity index (χ3v) is 2.60. The Kier molecular flexibility index (Phi) is 8.70. The summed E-state index contributed by atoms with van der Waals surface area (Å²) in [6, 6.07) is 0. The molecule has 0 amide bonds. The van der Waals surface area contributed by atoms with Gasteiger partial charge >= 0.3 is 5.97 Å². The summed E-state index contributed by atoms with van der Waals surface area (Å²) in [5.41, 5.74) is 0. The van der Waals surface area contributed by atoms with E-state index in [1.807, 2.05) is 0 Å². The average molecular weight is 256 g/mol. The first kappa shape index (κ1) is 16.5. The summed E-state index contributed by atoms with van der Waals surface area (Å²) in [6.07, 6.45) is 1.34. The molecular formula is C13H20O5. The lowest BCUT2D eigenvalue weighted by Gasteiger charge is -2.01. The number of carbonyl (C=O) groups is 4. The Morgan fingerprint density at radius 2 is 1.11 bits per heavy atom. The Morgan fingerprint density at radius 3 is 1.50 bits per heavy atom. The van der Waals surface area contributed by atoms with Crippen molar-refractivity contribution >= 4 is 23.3 Å². The average Bonchev–Trinajstić information content (AvgIpc) is 2.39. The highest BCUT2D eigenvalue weighted by Crippen LogP contribution is 2.04. The smallest absolute Gasteiger partial charge is 0.305 e. The molecule has 5 heteroatoms. The molecule has 0 heterocycles. The summed E-state index contributed by atoms with van der Waals surface area (Å²) in [4.78, 5) is 44.5. The topological polar surface area (TPSA) is 77.5 Å². The fraction of sp³-hybridized carbons (Fsp3) is 0.692. The SMILES string of the molecule is CCC(=O)CCC(=O)CCC(=O)CCC(=O)OC. The molecule has 0 saturated carbocycles. The van der Waals surface area contributed by atoms with Crippen LogP contribution in [-0.4, -0.2) is 30.4 Å². The number of methoxy groups -OCH3 is 1. The first-order valence-corrected chi connectivity index (χ1v) is 6.11. The minimum absolute atomic E-state index is 0.0534. The van der Waals surface area contributed by atoms with E-state index in [2.05, 4.69) is 4.74 Å². The summed E-state index contributed by atoms with van der Waals surface area (Å²) >= 11 is 0. The molecule has 0 aliphatic carbocycles. The third kappa shape index (κ3) is 8.61. The maximum atomic E-state index is 11.4. The lowest BCUT2D eigenvalue weighted by atomic mass is 10.0. The summed E-state index contributed by atoms with van der Waals surface area (Å²) in [6.45, 7) is 1.75. The van der Waals surface area contributed by atoms with E-state index < -0.39 is 5.97 Å². The fourth-order valence-corrected chi connectivity index (χ4v) is 1.33. The summed E-state index contributed by atoms with van der Waals surface area (Å²) in [5, 5.41) is 0. The molecule has 0 atom stereocenters. The first-order chi connectivity index (χ1) is 8.49. The molecule has 0 aliphatic rings.